The predicted molar refractivity (Wildman–Crippen MR) is 97.7 cm³/mol. The Kier molecular flexibility index (Phi) is 7.07. The summed E-state index contributed by atoms with van der Waals surface area (Å²) in [6.45, 7) is -0.348. The van der Waals surface area contributed by atoms with Gasteiger partial charge in [-0.1, -0.05) is 35.5 Å². The standard InChI is InChI=1S/C19H18N2O6/c1-25-18(23)14-8-15(19(24)26-2)10-16(9-14)21-17(22)12-27-20-11-13-6-4-3-5-7-13/h3-11H,12H2,1-2H3,(H,21,22)/b20-11+. The van der Waals surface area contributed by atoms with Crippen molar-refractivity contribution in [3.05, 3.63) is 65.2 Å². The molecular weight excluding hydrogens is 352 g/mol. The van der Waals surface area contributed by atoms with Crippen molar-refractivity contribution in [1.29, 1.82) is 0 Å². The maximum Gasteiger partial charge on any atom is 0.337 e. The molecule has 27 heavy (non-hydrogen) atoms. The Bertz CT molecular complexity index is 814. The average Bonchev–Trinajstić information content (AvgIpc) is 2.70. The van der Waals surface area contributed by atoms with Gasteiger partial charge in [0.1, 0.15) is 0 Å². The van der Waals surface area contributed by atoms with E-state index in [1.165, 1.54) is 38.6 Å². The lowest BCUT2D eigenvalue weighted by atomic mass is 10.1. The zero-order chi connectivity index (χ0) is 19.6. The number of carbonyl (C=O) groups excluding carboxylic acids is 3. The van der Waals surface area contributed by atoms with Gasteiger partial charge in [0.2, 0.25) is 0 Å². The molecule has 0 unspecified atom stereocenters. The van der Waals surface area contributed by atoms with E-state index >= 15 is 0 Å². The van der Waals surface area contributed by atoms with Crippen LogP contribution in [0.3, 0.4) is 0 Å². The number of esters is 2. The topological polar surface area (TPSA) is 103 Å². The average molecular weight is 370 g/mol. The fourth-order valence-corrected chi connectivity index (χ4v) is 2.10. The number of hydrogen-bond acceptors (Lipinski definition) is 7. The molecule has 0 atom stereocenters. The molecule has 1 amide bonds. The molecule has 0 saturated heterocycles. The van der Waals surface area contributed by atoms with Gasteiger partial charge in [-0.3, -0.25) is 4.79 Å². The summed E-state index contributed by atoms with van der Waals surface area (Å²) < 4.78 is 9.28. The highest BCUT2D eigenvalue weighted by molar-refractivity contribution is 5.99. The Morgan fingerprint density at radius 1 is 0.963 bits per heavy atom. The van der Waals surface area contributed by atoms with E-state index in [0.717, 1.165) is 5.56 Å². The molecule has 140 valence electrons. The molecule has 0 heterocycles. The van der Waals surface area contributed by atoms with Crippen molar-refractivity contribution in [2.24, 2.45) is 5.16 Å². The second-order valence-corrected chi connectivity index (χ2v) is 5.25. The van der Waals surface area contributed by atoms with E-state index in [4.69, 9.17) is 4.84 Å². The minimum Gasteiger partial charge on any atom is -0.465 e. The second kappa shape index (κ2) is 9.71. The highest BCUT2D eigenvalue weighted by Gasteiger charge is 2.15. The van der Waals surface area contributed by atoms with Gasteiger partial charge in [0.15, 0.2) is 6.61 Å². The third-order valence-electron chi connectivity index (χ3n) is 3.33. The summed E-state index contributed by atoms with van der Waals surface area (Å²) in [5.74, 6) is -1.82. The molecular formula is C19H18N2O6. The molecule has 2 aromatic rings. The van der Waals surface area contributed by atoms with Crippen LogP contribution in [0.15, 0.2) is 53.7 Å². The van der Waals surface area contributed by atoms with E-state index in [1.54, 1.807) is 0 Å². The molecule has 0 aliphatic heterocycles. The van der Waals surface area contributed by atoms with E-state index in [2.05, 4.69) is 19.9 Å². The second-order valence-electron chi connectivity index (χ2n) is 5.25. The summed E-state index contributed by atoms with van der Waals surface area (Å²) in [6, 6.07) is 13.3. The lowest BCUT2D eigenvalue weighted by molar-refractivity contribution is -0.120. The molecule has 8 heteroatoms. The smallest absolute Gasteiger partial charge is 0.337 e. The van der Waals surface area contributed by atoms with Crippen LogP contribution in [0.5, 0.6) is 0 Å². The highest BCUT2D eigenvalue weighted by Crippen LogP contribution is 2.17. The summed E-state index contributed by atoms with van der Waals surface area (Å²) in [4.78, 5) is 40.4. The Hall–Kier alpha value is -3.68. The van der Waals surface area contributed by atoms with Gasteiger partial charge in [-0.25, -0.2) is 9.59 Å². The first kappa shape index (κ1) is 19.6. The monoisotopic (exact) mass is 370 g/mol. The summed E-state index contributed by atoms with van der Waals surface area (Å²) in [6.07, 6.45) is 1.47. The van der Waals surface area contributed by atoms with Crippen molar-refractivity contribution >= 4 is 29.7 Å². The number of anilines is 1. The molecule has 0 aromatic heterocycles. The van der Waals surface area contributed by atoms with Crippen LogP contribution < -0.4 is 5.32 Å². The van der Waals surface area contributed by atoms with Crippen LogP contribution >= 0.6 is 0 Å². The first-order valence-corrected chi connectivity index (χ1v) is 7.85. The number of benzene rings is 2. The van der Waals surface area contributed by atoms with E-state index in [1.807, 2.05) is 30.3 Å². The van der Waals surface area contributed by atoms with Crippen molar-refractivity contribution in [2.75, 3.05) is 26.1 Å². The van der Waals surface area contributed by atoms with E-state index in [-0.39, 0.29) is 23.4 Å². The van der Waals surface area contributed by atoms with Gasteiger partial charge in [-0.15, -0.1) is 0 Å². The maximum absolute atomic E-state index is 12.0. The van der Waals surface area contributed by atoms with Crippen molar-refractivity contribution in [2.45, 2.75) is 0 Å². The van der Waals surface area contributed by atoms with Gasteiger partial charge in [0.25, 0.3) is 5.91 Å². The first-order chi connectivity index (χ1) is 13.0. The molecule has 2 aromatic carbocycles. The number of ether oxygens (including phenoxy) is 2. The highest BCUT2D eigenvalue weighted by atomic mass is 16.6. The van der Waals surface area contributed by atoms with Gasteiger partial charge in [0.05, 0.1) is 31.6 Å². The van der Waals surface area contributed by atoms with Crippen molar-refractivity contribution < 1.29 is 28.7 Å². The minimum absolute atomic E-state index is 0.0960. The summed E-state index contributed by atoms with van der Waals surface area (Å²) in [5.41, 5.74) is 1.24. The zero-order valence-corrected chi connectivity index (χ0v) is 14.8. The molecule has 8 nitrogen and oxygen atoms in total. The van der Waals surface area contributed by atoms with E-state index < -0.39 is 17.8 Å². The lowest BCUT2D eigenvalue weighted by Gasteiger charge is -2.09. The fourth-order valence-electron chi connectivity index (χ4n) is 2.10. The number of rotatable bonds is 7. The van der Waals surface area contributed by atoms with Gasteiger partial charge < -0.3 is 19.6 Å². The number of amides is 1. The Balaban J connectivity index is 2.02. The summed E-state index contributed by atoms with van der Waals surface area (Å²) in [7, 11) is 2.42. The molecule has 0 fully saturated rings. The molecule has 0 spiro atoms. The Morgan fingerprint density at radius 3 is 2.11 bits per heavy atom. The quantitative estimate of drug-likeness (QED) is 0.455. The molecule has 2 rings (SSSR count). The molecule has 0 saturated carbocycles. The van der Waals surface area contributed by atoms with Gasteiger partial charge in [-0.05, 0) is 23.8 Å². The molecule has 0 bridgehead atoms. The van der Waals surface area contributed by atoms with Crippen LogP contribution in [-0.2, 0) is 19.1 Å². The van der Waals surface area contributed by atoms with Crippen molar-refractivity contribution in [3.8, 4) is 0 Å². The van der Waals surface area contributed by atoms with Crippen LogP contribution in [-0.4, -0.2) is 44.9 Å². The number of methoxy groups -OCH3 is 2. The van der Waals surface area contributed by atoms with Gasteiger partial charge in [0, 0.05) is 5.69 Å². The summed E-state index contributed by atoms with van der Waals surface area (Å²) >= 11 is 0. The van der Waals surface area contributed by atoms with Gasteiger partial charge >= 0.3 is 11.9 Å². The number of hydrogen-bond donors (Lipinski definition) is 1. The Labute approximate surface area is 155 Å². The zero-order valence-electron chi connectivity index (χ0n) is 14.8. The maximum atomic E-state index is 12.0. The molecule has 1 N–H and O–H groups in total. The number of oxime groups is 1. The number of nitrogens with one attached hydrogen (secondary N) is 1. The third-order valence-corrected chi connectivity index (χ3v) is 3.33. The Morgan fingerprint density at radius 2 is 1.56 bits per heavy atom. The number of carbonyl (C=O) groups is 3. The van der Waals surface area contributed by atoms with Crippen LogP contribution in [0.25, 0.3) is 0 Å². The lowest BCUT2D eigenvalue weighted by Crippen LogP contribution is -2.18. The van der Waals surface area contributed by atoms with E-state index in [0.29, 0.717) is 0 Å². The van der Waals surface area contributed by atoms with Crippen LogP contribution in [0, 0.1) is 0 Å². The molecule has 0 aliphatic carbocycles. The van der Waals surface area contributed by atoms with Gasteiger partial charge in [-0.2, -0.15) is 0 Å². The summed E-state index contributed by atoms with van der Waals surface area (Å²) in [5, 5.41) is 6.23. The molecule has 0 radical (unpaired) electrons. The van der Waals surface area contributed by atoms with Crippen LogP contribution in [0.4, 0.5) is 5.69 Å². The normalized spacial score (nSPS) is 10.3. The van der Waals surface area contributed by atoms with Crippen LogP contribution in [0.2, 0.25) is 0 Å². The van der Waals surface area contributed by atoms with Crippen LogP contribution in [0.1, 0.15) is 26.3 Å². The minimum atomic E-state index is -0.653. The first-order valence-electron chi connectivity index (χ1n) is 7.85. The van der Waals surface area contributed by atoms with Crippen molar-refractivity contribution in [1.82, 2.24) is 0 Å². The molecule has 0 aliphatic rings. The third kappa shape index (κ3) is 5.96. The van der Waals surface area contributed by atoms with E-state index in [9.17, 15) is 14.4 Å². The number of nitrogens with zero attached hydrogens (tertiary/aromatic N) is 1. The van der Waals surface area contributed by atoms with Crippen molar-refractivity contribution in [3.63, 3.8) is 0 Å². The SMILES string of the molecule is COC(=O)c1cc(NC(=O)CO/N=C/c2ccccc2)cc(C(=O)OC)c1. The fraction of sp³-hybridized carbons (Fsp3) is 0.158. The largest absolute Gasteiger partial charge is 0.465 e. The predicted octanol–water partition coefficient (Wildman–Crippen LogP) is 2.25.